The number of benzene rings is 2. The van der Waals surface area contributed by atoms with Crippen molar-refractivity contribution < 1.29 is 19.0 Å². The molecule has 1 saturated heterocycles. The molecule has 1 atom stereocenters. The van der Waals surface area contributed by atoms with Gasteiger partial charge in [-0.2, -0.15) is 0 Å². The minimum absolute atomic E-state index is 0.0134. The molecule has 0 spiro atoms. The van der Waals surface area contributed by atoms with E-state index in [4.69, 9.17) is 14.2 Å². The van der Waals surface area contributed by atoms with Crippen molar-refractivity contribution in [3.8, 4) is 17.2 Å². The highest BCUT2D eigenvalue weighted by Crippen LogP contribution is 2.35. The third-order valence-corrected chi connectivity index (χ3v) is 5.57. The van der Waals surface area contributed by atoms with Crippen molar-refractivity contribution in [3.05, 3.63) is 66.5 Å². The van der Waals surface area contributed by atoms with E-state index in [0.717, 1.165) is 36.4 Å². The maximum Gasteiger partial charge on any atom is 0.231 e. The number of amides is 1. The number of piperidine rings is 1. The number of hydrogen-bond donors (Lipinski definition) is 1. The summed E-state index contributed by atoms with van der Waals surface area (Å²) in [5.74, 6) is 2.69. The fraction of sp³-hybridized carbons (Fsp3) is 0.292. The lowest BCUT2D eigenvalue weighted by atomic mass is 9.97. The summed E-state index contributed by atoms with van der Waals surface area (Å²) in [6.45, 7) is 2.09. The van der Waals surface area contributed by atoms with Gasteiger partial charge in [0, 0.05) is 37.2 Å². The SMILES string of the molecule is O=C(Nc1cccc(COc2ccc3c(c2)OCO3)c1)C1CCCN(c2ncccn2)C1. The topological polar surface area (TPSA) is 85.8 Å². The van der Waals surface area contributed by atoms with Gasteiger partial charge in [-0.25, -0.2) is 9.97 Å². The van der Waals surface area contributed by atoms with E-state index in [1.165, 1.54) is 0 Å². The molecule has 3 heterocycles. The molecule has 8 heteroatoms. The minimum Gasteiger partial charge on any atom is -0.489 e. The van der Waals surface area contributed by atoms with Gasteiger partial charge in [0.15, 0.2) is 11.5 Å². The van der Waals surface area contributed by atoms with Gasteiger partial charge in [-0.3, -0.25) is 4.79 Å². The molecule has 2 aromatic carbocycles. The normalized spacial score (nSPS) is 17.1. The van der Waals surface area contributed by atoms with Gasteiger partial charge < -0.3 is 24.4 Å². The zero-order valence-electron chi connectivity index (χ0n) is 17.6. The average molecular weight is 432 g/mol. The van der Waals surface area contributed by atoms with Crippen LogP contribution in [0.15, 0.2) is 60.9 Å². The first-order chi connectivity index (χ1) is 15.7. The third-order valence-electron chi connectivity index (χ3n) is 5.57. The number of carbonyl (C=O) groups is 1. The van der Waals surface area contributed by atoms with E-state index < -0.39 is 0 Å². The number of anilines is 2. The number of hydrogen-bond acceptors (Lipinski definition) is 7. The van der Waals surface area contributed by atoms with Crippen LogP contribution < -0.4 is 24.4 Å². The summed E-state index contributed by atoms with van der Waals surface area (Å²) in [6.07, 6.45) is 5.23. The van der Waals surface area contributed by atoms with Crippen LogP contribution in [0.2, 0.25) is 0 Å². The molecule has 1 fully saturated rings. The minimum atomic E-state index is -0.110. The zero-order valence-corrected chi connectivity index (χ0v) is 17.6. The van der Waals surface area contributed by atoms with E-state index in [9.17, 15) is 4.79 Å². The van der Waals surface area contributed by atoms with Gasteiger partial charge in [0.2, 0.25) is 18.6 Å². The molecule has 32 heavy (non-hydrogen) atoms. The Morgan fingerprint density at radius 3 is 2.88 bits per heavy atom. The highest BCUT2D eigenvalue weighted by atomic mass is 16.7. The van der Waals surface area contributed by atoms with Crippen LogP contribution in [-0.4, -0.2) is 35.8 Å². The Balaban J connectivity index is 1.18. The predicted octanol–water partition coefficient (Wildman–Crippen LogP) is 3.64. The molecule has 1 unspecified atom stereocenters. The molecule has 164 valence electrons. The predicted molar refractivity (Wildman–Crippen MR) is 119 cm³/mol. The molecule has 2 aliphatic rings. The fourth-order valence-electron chi connectivity index (χ4n) is 3.94. The van der Waals surface area contributed by atoms with Crippen molar-refractivity contribution in [2.24, 2.45) is 5.92 Å². The Labute approximate surface area is 186 Å². The second kappa shape index (κ2) is 9.13. The van der Waals surface area contributed by atoms with E-state index in [-0.39, 0.29) is 18.6 Å². The Morgan fingerprint density at radius 1 is 1.09 bits per heavy atom. The molecule has 8 nitrogen and oxygen atoms in total. The van der Waals surface area contributed by atoms with E-state index >= 15 is 0 Å². The second-order valence-corrected chi connectivity index (χ2v) is 7.83. The van der Waals surface area contributed by atoms with Gasteiger partial charge in [-0.15, -0.1) is 0 Å². The molecule has 0 bridgehead atoms. The molecule has 0 radical (unpaired) electrons. The van der Waals surface area contributed by atoms with E-state index in [1.807, 2.05) is 42.5 Å². The fourth-order valence-corrected chi connectivity index (χ4v) is 3.94. The first-order valence-electron chi connectivity index (χ1n) is 10.7. The third kappa shape index (κ3) is 4.59. The van der Waals surface area contributed by atoms with Crippen LogP contribution in [0.1, 0.15) is 18.4 Å². The van der Waals surface area contributed by atoms with Gasteiger partial charge in [0.1, 0.15) is 12.4 Å². The largest absolute Gasteiger partial charge is 0.489 e. The van der Waals surface area contributed by atoms with Crippen LogP contribution >= 0.6 is 0 Å². The average Bonchev–Trinajstić information content (AvgIpc) is 3.32. The van der Waals surface area contributed by atoms with Crippen molar-refractivity contribution in [1.29, 1.82) is 0 Å². The van der Waals surface area contributed by atoms with Crippen LogP contribution in [0.4, 0.5) is 11.6 Å². The van der Waals surface area contributed by atoms with Crippen LogP contribution in [0.25, 0.3) is 0 Å². The van der Waals surface area contributed by atoms with Crippen molar-refractivity contribution in [1.82, 2.24) is 9.97 Å². The standard InChI is InChI=1S/C24H24N4O4/c29-23(18-5-2-11-28(14-18)24-25-9-3-10-26-24)27-19-6-1-4-17(12-19)15-30-20-7-8-21-22(13-20)32-16-31-21/h1,3-4,6-10,12-13,18H,2,5,11,14-16H2,(H,27,29). The summed E-state index contributed by atoms with van der Waals surface area (Å²) in [7, 11) is 0. The monoisotopic (exact) mass is 432 g/mol. The Hall–Kier alpha value is -3.81. The summed E-state index contributed by atoms with van der Waals surface area (Å²) in [4.78, 5) is 23.6. The molecule has 1 amide bonds. The number of carbonyl (C=O) groups excluding carboxylic acids is 1. The van der Waals surface area contributed by atoms with Gasteiger partial charge in [0.25, 0.3) is 0 Å². The van der Waals surface area contributed by atoms with Crippen molar-refractivity contribution in [2.45, 2.75) is 19.4 Å². The van der Waals surface area contributed by atoms with Gasteiger partial charge in [-0.1, -0.05) is 12.1 Å². The molecule has 3 aromatic rings. The summed E-state index contributed by atoms with van der Waals surface area (Å²) in [6, 6.07) is 15.0. The van der Waals surface area contributed by atoms with Crippen molar-refractivity contribution >= 4 is 17.5 Å². The molecule has 1 N–H and O–H groups in total. The summed E-state index contributed by atoms with van der Waals surface area (Å²) < 4.78 is 16.6. The number of nitrogens with zero attached hydrogens (tertiary/aromatic N) is 3. The maximum absolute atomic E-state index is 12.9. The Kier molecular flexibility index (Phi) is 5.74. The van der Waals surface area contributed by atoms with E-state index in [0.29, 0.717) is 30.6 Å². The number of nitrogens with one attached hydrogen (secondary N) is 1. The van der Waals surface area contributed by atoms with Crippen LogP contribution in [0, 0.1) is 5.92 Å². The van der Waals surface area contributed by atoms with Gasteiger partial charge in [0.05, 0.1) is 5.92 Å². The van der Waals surface area contributed by atoms with Crippen LogP contribution in [0.3, 0.4) is 0 Å². The Bertz CT molecular complexity index is 1090. The summed E-state index contributed by atoms with van der Waals surface area (Å²) in [5, 5.41) is 3.06. The quantitative estimate of drug-likeness (QED) is 0.636. The summed E-state index contributed by atoms with van der Waals surface area (Å²) >= 11 is 0. The zero-order chi connectivity index (χ0) is 21.8. The number of ether oxygens (including phenoxy) is 3. The highest BCUT2D eigenvalue weighted by Gasteiger charge is 2.27. The number of aromatic nitrogens is 2. The summed E-state index contributed by atoms with van der Waals surface area (Å²) in [5.41, 5.74) is 1.72. The first kappa shape index (κ1) is 20.1. The smallest absolute Gasteiger partial charge is 0.231 e. The molecule has 2 aliphatic heterocycles. The first-order valence-corrected chi connectivity index (χ1v) is 10.7. The van der Waals surface area contributed by atoms with Crippen molar-refractivity contribution in [3.63, 3.8) is 0 Å². The Morgan fingerprint density at radius 2 is 1.97 bits per heavy atom. The molecule has 5 rings (SSSR count). The van der Waals surface area contributed by atoms with Gasteiger partial charge in [-0.05, 0) is 48.7 Å². The second-order valence-electron chi connectivity index (χ2n) is 7.83. The molecular weight excluding hydrogens is 408 g/mol. The number of rotatable bonds is 6. The molecule has 0 aliphatic carbocycles. The van der Waals surface area contributed by atoms with Gasteiger partial charge >= 0.3 is 0 Å². The van der Waals surface area contributed by atoms with Crippen LogP contribution in [-0.2, 0) is 11.4 Å². The van der Waals surface area contributed by atoms with Crippen molar-refractivity contribution in [2.75, 3.05) is 30.1 Å². The molecular formula is C24H24N4O4. The lowest BCUT2D eigenvalue weighted by Gasteiger charge is -2.31. The lowest BCUT2D eigenvalue weighted by Crippen LogP contribution is -2.41. The maximum atomic E-state index is 12.9. The number of fused-ring (bicyclic) bond motifs is 1. The van der Waals surface area contributed by atoms with Crippen LogP contribution in [0.5, 0.6) is 17.2 Å². The van der Waals surface area contributed by atoms with E-state index in [2.05, 4.69) is 20.2 Å². The molecule has 1 aromatic heterocycles. The van der Waals surface area contributed by atoms with E-state index in [1.54, 1.807) is 18.5 Å². The lowest BCUT2D eigenvalue weighted by molar-refractivity contribution is -0.120. The highest BCUT2D eigenvalue weighted by molar-refractivity contribution is 5.93. The molecule has 0 saturated carbocycles.